The summed E-state index contributed by atoms with van der Waals surface area (Å²) in [6, 6.07) is 17.3. The molecule has 0 saturated heterocycles. The molecule has 0 N–H and O–H groups in total. The maximum Gasteiger partial charge on any atom is 0.161 e. The van der Waals surface area contributed by atoms with Gasteiger partial charge in [0.1, 0.15) is 0 Å². The maximum atomic E-state index is 5.60. The van der Waals surface area contributed by atoms with E-state index < -0.39 is 0 Å². The fourth-order valence-corrected chi connectivity index (χ4v) is 3.81. The SMILES string of the molecule is COc1cc2c(C3CC3)cc(-c3ccccc3)c(N(C)C)c2cc1OC. The molecule has 134 valence electrons. The van der Waals surface area contributed by atoms with E-state index in [-0.39, 0.29) is 0 Å². The summed E-state index contributed by atoms with van der Waals surface area (Å²) < 4.78 is 11.2. The van der Waals surface area contributed by atoms with Gasteiger partial charge in [0, 0.05) is 25.0 Å². The van der Waals surface area contributed by atoms with Gasteiger partial charge in [-0.05, 0) is 53.5 Å². The van der Waals surface area contributed by atoms with E-state index in [2.05, 4.69) is 67.5 Å². The lowest BCUT2D eigenvalue weighted by molar-refractivity contribution is 0.356. The first kappa shape index (κ1) is 16.8. The molecule has 0 unspecified atom stereocenters. The minimum Gasteiger partial charge on any atom is -0.493 e. The average Bonchev–Trinajstić information content (AvgIpc) is 3.51. The standard InChI is InChI=1S/C23H25NO2/c1-24(2)23-18(15-8-6-5-7-9-15)12-17(16-10-11-16)19-13-21(25-3)22(26-4)14-20(19)23/h5-9,12-14,16H,10-11H2,1-4H3. The molecule has 3 nitrogen and oxygen atoms in total. The van der Waals surface area contributed by atoms with Crippen molar-refractivity contribution in [3.8, 4) is 22.6 Å². The molecule has 0 bridgehead atoms. The fourth-order valence-electron chi connectivity index (χ4n) is 3.81. The largest absolute Gasteiger partial charge is 0.493 e. The second-order valence-electron chi connectivity index (χ2n) is 7.15. The number of anilines is 1. The topological polar surface area (TPSA) is 21.7 Å². The van der Waals surface area contributed by atoms with Gasteiger partial charge < -0.3 is 14.4 Å². The summed E-state index contributed by atoms with van der Waals surface area (Å²) in [7, 11) is 7.61. The molecule has 3 heteroatoms. The third-order valence-electron chi connectivity index (χ3n) is 5.19. The molecule has 3 aromatic rings. The summed E-state index contributed by atoms with van der Waals surface area (Å²) in [5, 5.41) is 2.49. The molecule has 0 heterocycles. The molecule has 1 aliphatic carbocycles. The van der Waals surface area contributed by atoms with E-state index in [1.165, 1.54) is 46.0 Å². The van der Waals surface area contributed by atoms with Crippen LogP contribution in [-0.2, 0) is 0 Å². The van der Waals surface area contributed by atoms with Crippen LogP contribution in [0.3, 0.4) is 0 Å². The molecule has 4 rings (SSSR count). The van der Waals surface area contributed by atoms with E-state index >= 15 is 0 Å². The highest BCUT2D eigenvalue weighted by Gasteiger charge is 2.28. The number of nitrogens with zero attached hydrogens (tertiary/aromatic N) is 1. The second-order valence-corrected chi connectivity index (χ2v) is 7.15. The van der Waals surface area contributed by atoms with Gasteiger partial charge in [-0.1, -0.05) is 30.3 Å². The zero-order valence-electron chi connectivity index (χ0n) is 15.9. The van der Waals surface area contributed by atoms with Crippen LogP contribution >= 0.6 is 0 Å². The number of hydrogen-bond donors (Lipinski definition) is 0. The Morgan fingerprint density at radius 2 is 1.46 bits per heavy atom. The van der Waals surface area contributed by atoms with E-state index in [1.807, 2.05) is 0 Å². The maximum absolute atomic E-state index is 5.60. The molecule has 0 aromatic heterocycles. The van der Waals surface area contributed by atoms with Crippen molar-refractivity contribution in [2.45, 2.75) is 18.8 Å². The summed E-state index contributed by atoms with van der Waals surface area (Å²) in [4.78, 5) is 2.20. The predicted molar refractivity (Wildman–Crippen MR) is 109 cm³/mol. The summed E-state index contributed by atoms with van der Waals surface area (Å²) in [6.45, 7) is 0. The molecule has 0 amide bonds. The molecule has 1 fully saturated rings. The van der Waals surface area contributed by atoms with Gasteiger partial charge in [0.25, 0.3) is 0 Å². The summed E-state index contributed by atoms with van der Waals surface area (Å²) >= 11 is 0. The minimum atomic E-state index is 0.647. The van der Waals surface area contributed by atoms with Crippen LogP contribution in [-0.4, -0.2) is 28.3 Å². The molecular weight excluding hydrogens is 322 g/mol. The van der Waals surface area contributed by atoms with Crippen molar-refractivity contribution in [3.05, 3.63) is 54.1 Å². The monoisotopic (exact) mass is 347 g/mol. The smallest absolute Gasteiger partial charge is 0.161 e. The normalized spacial score (nSPS) is 13.7. The van der Waals surface area contributed by atoms with Gasteiger partial charge >= 0.3 is 0 Å². The zero-order chi connectivity index (χ0) is 18.3. The second kappa shape index (κ2) is 6.56. The van der Waals surface area contributed by atoms with Crippen molar-refractivity contribution in [2.75, 3.05) is 33.2 Å². The van der Waals surface area contributed by atoms with E-state index in [0.29, 0.717) is 5.92 Å². The fraction of sp³-hybridized carbons (Fsp3) is 0.304. The van der Waals surface area contributed by atoms with Crippen LogP contribution in [0.5, 0.6) is 11.5 Å². The van der Waals surface area contributed by atoms with Crippen LogP contribution in [0.15, 0.2) is 48.5 Å². The summed E-state index contributed by atoms with van der Waals surface area (Å²) in [5.74, 6) is 2.21. The lowest BCUT2D eigenvalue weighted by Crippen LogP contribution is -2.11. The Balaban J connectivity index is 2.10. The number of benzene rings is 3. The van der Waals surface area contributed by atoms with Crippen LogP contribution in [0.1, 0.15) is 24.3 Å². The molecule has 0 spiro atoms. The molecular formula is C23H25NO2. The molecule has 0 atom stereocenters. The Labute approximate surface area is 155 Å². The van der Waals surface area contributed by atoms with Crippen LogP contribution in [0.25, 0.3) is 21.9 Å². The molecule has 0 radical (unpaired) electrons. The van der Waals surface area contributed by atoms with Crippen molar-refractivity contribution in [3.63, 3.8) is 0 Å². The third kappa shape index (κ3) is 2.78. The van der Waals surface area contributed by atoms with Gasteiger partial charge in [-0.2, -0.15) is 0 Å². The number of fused-ring (bicyclic) bond motifs is 1. The van der Waals surface area contributed by atoms with E-state index in [4.69, 9.17) is 9.47 Å². The Kier molecular flexibility index (Phi) is 4.23. The Morgan fingerprint density at radius 1 is 0.846 bits per heavy atom. The van der Waals surface area contributed by atoms with Gasteiger partial charge in [0.2, 0.25) is 0 Å². The first-order valence-electron chi connectivity index (χ1n) is 9.09. The van der Waals surface area contributed by atoms with E-state index in [9.17, 15) is 0 Å². The lowest BCUT2D eigenvalue weighted by atomic mass is 9.91. The van der Waals surface area contributed by atoms with E-state index in [0.717, 1.165) is 11.5 Å². The highest BCUT2D eigenvalue weighted by atomic mass is 16.5. The number of methoxy groups -OCH3 is 2. The quantitative estimate of drug-likeness (QED) is 0.611. The van der Waals surface area contributed by atoms with Gasteiger partial charge in [0.05, 0.1) is 19.9 Å². The molecule has 26 heavy (non-hydrogen) atoms. The molecule has 1 aliphatic rings. The summed E-state index contributed by atoms with van der Waals surface area (Å²) in [5.41, 5.74) is 5.16. The lowest BCUT2D eigenvalue weighted by Gasteiger charge is -2.24. The van der Waals surface area contributed by atoms with Gasteiger partial charge in [0.15, 0.2) is 11.5 Å². The molecule has 0 aliphatic heterocycles. The Morgan fingerprint density at radius 3 is 2.00 bits per heavy atom. The van der Waals surface area contributed by atoms with Crippen LogP contribution in [0.4, 0.5) is 5.69 Å². The van der Waals surface area contributed by atoms with Crippen molar-refractivity contribution >= 4 is 16.5 Å². The van der Waals surface area contributed by atoms with Crippen molar-refractivity contribution < 1.29 is 9.47 Å². The van der Waals surface area contributed by atoms with Gasteiger partial charge in [-0.3, -0.25) is 0 Å². The van der Waals surface area contributed by atoms with Crippen LogP contribution < -0.4 is 14.4 Å². The average molecular weight is 347 g/mol. The highest BCUT2D eigenvalue weighted by molar-refractivity contribution is 6.05. The number of rotatable bonds is 5. The minimum absolute atomic E-state index is 0.647. The van der Waals surface area contributed by atoms with Crippen molar-refractivity contribution in [2.24, 2.45) is 0 Å². The van der Waals surface area contributed by atoms with Crippen molar-refractivity contribution in [1.29, 1.82) is 0 Å². The van der Waals surface area contributed by atoms with Gasteiger partial charge in [-0.15, -0.1) is 0 Å². The molecule has 3 aromatic carbocycles. The number of ether oxygens (including phenoxy) is 2. The summed E-state index contributed by atoms with van der Waals surface area (Å²) in [6.07, 6.45) is 2.53. The Hall–Kier alpha value is -2.68. The number of hydrogen-bond acceptors (Lipinski definition) is 3. The van der Waals surface area contributed by atoms with Crippen LogP contribution in [0.2, 0.25) is 0 Å². The zero-order valence-corrected chi connectivity index (χ0v) is 15.9. The van der Waals surface area contributed by atoms with Crippen molar-refractivity contribution in [1.82, 2.24) is 0 Å². The van der Waals surface area contributed by atoms with E-state index in [1.54, 1.807) is 14.2 Å². The molecule has 1 saturated carbocycles. The Bertz CT molecular complexity index is 944. The first-order valence-corrected chi connectivity index (χ1v) is 9.09. The third-order valence-corrected chi connectivity index (χ3v) is 5.19. The van der Waals surface area contributed by atoms with Crippen LogP contribution in [0, 0.1) is 0 Å². The predicted octanol–water partition coefficient (Wildman–Crippen LogP) is 5.47. The first-order chi connectivity index (χ1) is 12.6. The van der Waals surface area contributed by atoms with Gasteiger partial charge in [-0.25, -0.2) is 0 Å². The highest BCUT2D eigenvalue weighted by Crippen LogP contribution is 2.50.